The first-order valence-corrected chi connectivity index (χ1v) is 8.37. The lowest BCUT2D eigenvalue weighted by Gasteiger charge is -2.05. The minimum absolute atomic E-state index is 0.192. The van der Waals surface area contributed by atoms with Crippen molar-refractivity contribution in [2.45, 2.75) is 32.6 Å². The maximum absolute atomic E-state index is 9.62. The van der Waals surface area contributed by atoms with E-state index in [2.05, 4.69) is 17.1 Å². The van der Waals surface area contributed by atoms with Crippen molar-refractivity contribution in [2.24, 2.45) is 10.2 Å². The highest BCUT2D eigenvalue weighted by Crippen LogP contribution is 2.13. The van der Waals surface area contributed by atoms with Gasteiger partial charge in [-0.05, 0) is 48.4 Å². The van der Waals surface area contributed by atoms with Crippen molar-refractivity contribution in [2.75, 3.05) is 6.61 Å². The number of unbranched alkanes of at least 4 members (excludes halogenated alkanes) is 3. The molecule has 0 heterocycles. The molecule has 4 heteroatoms. The summed E-state index contributed by atoms with van der Waals surface area (Å²) in [5.41, 5.74) is 1.59. The lowest BCUT2D eigenvalue weighted by atomic mass is 10.2. The van der Waals surface area contributed by atoms with Crippen LogP contribution >= 0.6 is 0 Å². The van der Waals surface area contributed by atoms with Crippen LogP contribution < -0.4 is 4.74 Å². The number of hydrogen-bond donors (Lipinski definition) is 1. The number of hydrogen-bond acceptors (Lipinski definition) is 4. The van der Waals surface area contributed by atoms with Gasteiger partial charge in [0.05, 0.1) is 19.0 Å². The Morgan fingerprint density at radius 1 is 0.917 bits per heavy atom. The second kappa shape index (κ2) is 10.2. The Bertz CT molecular complexity index is 664. The number of ether oxygens (including phenoxy) is 1. The molecule has 0 atom stereocenters. The number of aromatic hydroxyl groups is 1. The summed E-state index contributed by atoms with van der Waals surface area (Å²) in [4.78, 5) is 0. The minimum atomic E-state index is 0.192. The Morgan fingerprint density at radius 2 is 1.67 bits per heavy atom. The van der Waals surface area contributed by atoms with Crippen LogP contribution in [0.1, 0.15) is 43.7 Å². The van der Waals surface area contributed by atoms with Gasteiger partial charge in [-0.15, -0.1) is 0 Å². The van der Waals surface area contributed by atoms with E-state index in [1.165, 1.54) is 25.5 Å². The third-order valence-electron chi connectivity index (χ3n) is 3.55. The molecule has 2 aromatic rings. The van der Waals surface area contributed by atoms with Gasteiger partial charge in [-0.25, -0.2) is 0 Å². The van der Waals surface area contributed by atoms with Gasteiger partial charge in [-0.1, -0.05) is 38.3 Å². The van der Waals surface area contributed by atoms with Gasteiger partial charge in [0, 0.05) is 5.56 Å². The van der Waals surface area contributed by atoms with Crippen molar-refractivity contribution in [3.8, 4) is 11.5 Å². The number of nitrogens with zero attached hydrogens (tertiary/aromatic N) is 2. The van der Waals surface area contributed by atoms with Gasteiger partial charge in [0.1, 0.15) is 11.5 Å². The number of para-hydroxylation sites is 1. The highest BCUT2D eigenvalue weighted by Gasteiger charge is 1.95. The zero-order valence-electron chi connectivity index (χ0n) is 14.1. The summed E-state index contributed by atoms with van der Waals surface area (Å²) in [6.07, 6.45) is 8.01. The van der Waals surface area contributed by atoms with Crippen molar-refractivity contribution in [1.29, 1.82) is 0 Å². The Hall–Kier alpha value is -2.62. The van der Waals surface area contributed by atoms with Crippen molar-refractivity contribution in [3.05, 3.63) is 59.7 Å². The van der Waals surface area contributed by atoms with Crippen LogP contribution in [-0.4, -0.2) is 24.1 Å². The molecule has 0 aliphatic carbocycles. The summed E-state index contributed by atoms with van der Waals surface area (Å²) < 4.78 is 5.70. The average molecular weight is 324 g/mol. The van der Waals surface area contributed by atoms with Crippen molar-refractivity contribution >= 4 is 12.4 Å². The van der Waals surface area contributed by atoms with Gasteiger partial charge in [-0.2, -0.15) is 10.2 Å². The van der Waals surface area contributed by atoms with Gasteiger partial charge >= 0.3 is 0 Å². The van der Waals surface area contributed by atoms with E-state index in [0.717, 1.165) is 24.3 Å². The molecule has 126 valence electrons. The van der Waals surface area contributed by atoms with E-state index in [4.69, 9.17) is 4.74 Å². The maximum Gasteiger partial charge on any atom is 0.124 e. The zero-order chi connectivity index (χ0) is 17.0. The van der Waals surface area contributed by atoms with Gasteiger partial charge in [0.2, 0.25) is 0 Å². The Morgan fingerprint density at radius 3 is 2.42 bits per heavy atom. The SMILES string of the molecule is CCCCCCOc1ccc(/C=N/N=C/c2ccccc2O)cc1. The second-order valence-electron chi connectivity index (χ2n) is 5.53. The van der Waals surface area contributed by atoms with E-state index in [9.17, 15) is 5.11 Å². The van der Waals surface area contributed by atoms with E-state index in [0.29, 0.717) is 5.56 Å². The molecular formula is C20H24N2O2. The molecule has 0 saturated heterocycles. The third kappa shape index (κ3) is 6.24. The van der Waals surface area contributed by atoms with E-state index in [-0.39, 0.29) is 5.75 Å². The highest BCUT2D eigenvalue weighted by molar-refractivity contribution is 5.84. The van der Waals surface area contributed by atoms with Crippen molar-refractivity contribution in [3.63, 3.8) is 0 Å². The van der Waals surface area contributed by atoms with Crippen LogP contribution in [-0.2, 0) is 0 Å². The van der Waals surface area contributed by atoms with E-state index >= 15 is 0 Å². The fraction of sp³-hybridized carbons (Fsp3) is 0.300. The molecule has 0 bridgehead atoms. The Balaban J connectivity index is 1.80. The molecule has 2 rings (SSSR count). The number of rotatable bonds is 9. The number of phenolic OH excluding ortho intramolecular Hbond substituents is 1. The third-order valence-corrected chi connectivity index (χ3v) is 3.55. The standard InChI is InChI=1S/C20H24N2O2/c1-2-3-4-7-14-24-19-12-10-17(11-13-19)15-21-22-16-18-8-5-6-9-20(18)23/h5-6,8-13,15-16,23H,2-4,7,14H2,1H3/b21-15+,22-16+. The van der Waals surface area contributed by atoms with E-state index < -0.39 is 0 Å². The summed E-state index contributed by atoms with van der Waals surface area (Å²) in [6.45, 7) is 2.96. The lowest BCUT2D eigenvalue weighted by Crippen LogP contribution is -1.97. The monoisotopic (exact) mass is 324 g/mol. The molecule has 0 aromatic heterocycles. The second-order valence-corrected chi connectivity index (χ2v) is 5.53. The van der Waals surface area contributed by atoms with Crippen LogP contribution in [0.15, 0.2) is 58.7 Å². The molecule has 2 aromatic carbocycles. The van der Waals surface area contributed by atoms with Crippen molar-refractivity contribution in [1.82, 2.24) is 0 Å². The average Bonchev–Trinajstić information content (AvgIpc) is 2.61. The molecule has 0 saturated carbocycles. The number of benzene rings is 2. The Labute approximate surface area is 143 Å². The van der Waals surface area contributed by atoms with E-state index in [1.54, 1.807) is 24.4 Å². The van der Waals surface area contributed by atoms with Crippen LogP contribution in [0, 0.1) is 0 Å². The van der Waals surface area contributed by atoms with Crippen LogP contribution in [0.5, 0.6) is 11.5 Å². The topological polar surface area (TPSA) is 54.2 Å². The molecule has 0 fully saturated rings. The molecule has 0 amide bonds. The predicted octanol–water partition coefficient (Wildman–Crippen LogP) is 4.80. The van der Waals surface area contributed by atoms with Crippen LogP contribution in [0.2, 0.25) is 0 Å². The molecule has 0 aliphatic rings. The highest BCUT2D eigenvalue weighted by atomic mass is 16.5. The summed E-state index contributed by atoms with van der Waals surface area (Å²) in [5.74, 6) is 1.07. The summed E-state index contributed by atoms with van der Waals surface area (Å²) in [5, 5.41) is 17.6. The molecule has 24 heavy (non-hydrogen) atoms. The van der Waals surface area contributed by atoms with Crippen LogP contribution in [0.4, 0.5) is 0 Å². The smallest absolute Gasteiger partial charge is 0.124 e. The molecule has 0 unspecified atom stereocenters. The molecule has 4 nitrogen and oxygen atoms in total. The van der Waals surface area contributed by atoms with Gasteiger partial charge in [-0.3, -0.25) is 0 Å². The molecule has 0 aliphatic heterocycles. The fourth-order valence-corrected chi connectivity index (χ4v) is 2.16. The minimum Gasteiger partial charge on any atom is -0.507 e. The Kier molecular flexibility index (Phi) is 7.54. The predicted molar refractivity (Wildman–Crippen MR) is 99.4 cm³/mol. The van der Waals surface area contributed by atoms with Gasteiger partial charge in [0.25, 0.3) is 0 Å². The fourth-order valence-electron chi connectivity index (χ4n) is 2.16. The normalized spacial score (nSPS) is 11.4. The molecule has 0 radical (unpaired) electrons. The first-order valence-electron chi connectivity index (χ1n) is 8.37. The van der Waals surface area contributed by atoms with Crippen LogP contribution in [0.3, 0.4) is 0 Å². The first-order chi connectivity index (χ1) is 11.8. The van der Waals surface area contributed by atoms with Crippen LogP contribution in [0.25, 0.3) is 0 Å². The maximum atomic E-state index is 9.62. The summed E-state index contributed by atoms with van der Waals surface area (Å²) in [7, 11) is 0. The lowest BCUT2D eigenvalue weighted by molar-refractivity contribution is 0.305. The van der Waals surface area contributed by atoms with E-state index in [1.807, 2.05) is 30.3 Å². The summed E-state index contributed by atoms with van der Waals surface area (Å²) >= 11 is 0. The first kappa shape index (κ1) is 17.7. The largest absolute Gasteiger partial charge is 0.507 e. The quantitative estimate of drug-likeness (QED) is 0.409. The van der Waals surface area contributed by atoms with Gasteiger partial charge in [0.15, 0.2) is 0 Å². The van der Waals surface area contributed by atoms with Crippen molar-refractivity contribution < 1.29 is 9.84 Å². The molecular weight excluding hydrogens is 300 g/mol. The molecule has 0 spiro atoms. The number of phenols is 1. The zero-order valence-corrected chi connectivity index (χ0v) is 14.1. The summed E-state index contributed by atoms with van der Waals surface area (Å²) in [6, 6.07) is 14.8. The van der Waals surface area contributed by atoms with Gasteiger partial charge < -0.3 is 9.84 Å². The molecule has 1 N–H and O–H groups in total.